The van der Waals surface area contributed by atoms with Gasteiger partial charge in [0.15, 0.2) is 51.8 Å². The molecular weight excluding hydrogens is 1470 g/mol. The number of rotatable bonds is 20. The van der Waals surface area contributed by atoms with Crippen LogP contribution in [0.4, 0.5) is 5.69 Å². The number of H-pyrrole nitrogens is 6. The van der Waals surface area contributed by atoms with E-state index in [1.54, 1.807) is 64.1 Å². The fourth-order valence-corrected chi connectivity index (χ4v) is 16.6. The molecule has 0 spiro atoms. The average Bonchev–Trinajstić information content (AvgIpc) is 1.62. The lowest BCUT2D eigenvalue weighted by molar-refractivity contribution is 0.101. The Balaban J connectivity index is 0.000000122. The van der Waals surface area contributed by atoms with Crippen LogP contribution in [0.15, 0.2) is 166 Å². The molecule has 0 bridgehead atoms. The molecule has 30 heteroatoms. The lowest BCUT2D eigenvalue weighted by Gasteiger charge is -2.11. The van der Waals surface area contributed by atoms with Gasteiger partial charge in [0.1, 0.15) is 33.6 Å². The number of imidazole rings is 3. The third-order valence-corrected chi connectivity index (χ3v) is 23.0. The summed E-state index contributed by atoms with van der Waals surface area (Å²) < 4.78 is 0. The van der Waals surface area contributed by atoms with Gasteiger partial charge in [-0.2, -0.15) is 15.3 Å². The molecule has 1 fully saturated rings. The predicted octanol–water partition coefficient (Wildman–Crippen LogP) is 16.8. The Bertz CT molecular complexity index is 6320. The molecule has 0 radical (unpaired) electrons. The first-order chi connectivity index (χ1) is 54.5. The number of aromatic amines is 6. The summed E-state index contributed by atoms with van der Waals surface area (Å²) in [6.45, 7) is 11.6. The molecular formula is C82H72N24O3S3. The summed E-state index contributed by atoms with van der Waals surface area (Å²) in [4.78, 5) is 108. The third kappa shape index (κ3) is 14.9. The first-order valence-electron chi connectivity index (χ1n) is 36.4. The molecule has 0 amide bonds. The topological polar surface area (TPSA) is 367 Å². The zero-order valence-electron chi connectivity index (χ0n) is 61.8. The molecule has 18 heterocycles. The molecule has 1 saturated carbocycles. The van der Waals surface area contributed by atoms with E-state index in [0.29, 0.717) is 55.1 Å². The van der Waals surface area contributed by atoms with Gasteiger partial charge in [-0.15, -0.1) is 34.0 Å². The molecule has 0 aromatic carbocycles. The normalized spacial score (nSPS) is 12.5. The van der Waals surface area contributed by atoms with E-state index in [9.17, 15) is 14.4 Å². The van der Waals surface area contributed by atoms with Crippen molar-refractivity contribution >= 4 is 123 Å². The fraction of sp³-hybridized carbons (Fsp3) is 0.195. The zero-order valence-corrected chi connectivity index (χ0v) is 64.2. The second-order valence-electron chi connectivity index (χ2n) is 28.2. The summed E-state index contributed by atoms with van der Waals surface area (Å²) in [5.41, 5.74) is 20.5. The second kappa shape index (κ2) is 30.8. The molecule has 8 N–H and O–H groups in total. The van der Waals surface area contributed by atoms with Crippen LogP contribution in [0.25, 0.3) is 165 Å². The van der Waals surface area contributed by atoms with Crippen LogP contribution in [0, 0.1) is 5.92 Å². The van der Waals surface area contributed by atoms with Crippen LogP contribution in [-0.4, -0.2) is 154 Å². The minimum atomic E-state index is 0.0436. The van der Waals surface area contributed by atoms with Gasteiger partial charge < -0.3 is 30.5 Å². The molecule has 27 nitrogen and oxygen atoms in total. The summed E-state index contributed by atoms with van der Waals surface area (Å²) >= 11 is 4.32. The van der Waals surface area contributed by atoms with Crippen molar-refractivity contribution in [2.45, 2.75) is 79.4 Å². The Morgan fingerprint density at radius 3 is 1.22 bits per heavy atom. The van der Waals surface area contributed by atoms with Crippen molar-refractivity contribution in [3.8, 4) is 99.3 Å². The van der Waals surface area contributed by atoms with Gasteiger partial charge >= 0.3 is 0 Å². The minimum absolute atomic E-state index is 0.0436. The number of fused-ring (bicyclic) bond motifs is 6. The molecule has 1 aliphatic carbocycles. The van der Waals surface area contributed by atoms with Crippen LogP contribution in [0.1, 0.15) is 100 Å². The van der Waals surface area contributed by atoms with Gasteiger partial charge in [-0.1, -0.05) is 12.8 Å². The van der Waals surface area contributed by atoms with Crippen LogP contribution < -0.4 is 10.6 Å². The molecule has 0 saturated heterocycles. The van der Waals surface area contributed by atoms with Crippen molar-refractivity contribution in [3.63, 3.8) is 0 Å². The number of anilines is 1. The first kappa shape index (κ1) is 71.9. The quantitative estimate of drug-likeness (QED) is 0.0329. The molecule has 0 unspecified atom stereocenters. The molecule has 0 atom stereocenters. The number of carbonyl (C=O) groups excluding carboxylic acids is 3. The van der Waals surface area contributed by atoms with E-state index in [2.05, 4.69) is 150 Å². The Kier molecular flexibility index (Phi) is 19.8. The Morgan fingerprint density at radius 1 is 0.455 bits per heavy atom. The molecule has 0 aliphatic heterocycles. The van der Waals surface area contributed by atoms with Gasteiger partial charge in [0, 0.05) is 158 Å². The van der Waals surface area contributed by atoms with E-state index >= 15 is 0 Å². The summed E-state index contributed by atoms with van der Waals surface area (Å²) in [6.07, 6.45) is 32.6. The maximum atomic E-state index is 11.8. The Labute approximate surface area is 651 Å². The number of nitrogens with zero attached hydrogens (tertiary/aromatic N) is 16. The molecule has 18 aromatic heterocycles. The van der Waals surface area contributed by atoms with E-state index in [0.717, 1.165) is 173 Å². The molecule has 1 aliphatic rings. The van der Waals surface area contributed by atoms with Crippen molar-refractivity contribution in [2.75, 3.05) is 26.0 Å². The summed E-state index contributed by atoms with van der Waals surface area (Å²) in [7, 11) is 4.07. The highest BCUT2D eigenvalue weighted by molar-refractivity contribution is 7.18. The van der Waals surface area contributed by atoms with Gasteiger partial charge in [-0.25, -0.2) is 29.9 Å². The van der Waals surface area contributed by atoms with Crippen LogP contribution in [0.2, 0.25) is 0 Å². The Hall–Kier alpha value is -13.0. The van der Waals surface area contributed by atoms with Crippen molar-refractivity contribution in [1.82, 2.24) is 116 Å². The number of ketones is 3. The number of hydrogen-bond donors (Lipinski definition) is 8. The standard InChI is InChI=1S/C30H28N8OS.2C26H22N8OS/c1-17(39)25-6-7-26(40-25)23-15-33-16-24-27(23)36-30(35-24)28-22-9-21(14-34-29(22)38-37-28)20-8-19(12-32-13-20)11-31-10-18-4-2-3-5-18;1-14(35)21-4-5-22(36-21)19-11-28-12-20-23(19)31-26(30-20)24-18-7-17(10-29-25(18)33-32-24)16-6-15(8-27-9-16)13-34(2)3;1-13(2)30-17-6-15(8-27-10-17)16-7-18-24(33-34-25(18)29-9-16)26-31-20-12-28-11-19(23(20)32-26)22-5-4-21(36-22)14(3)35/h6-9,12-16,18,31H,2-5,10-11H2,1H3,(H,35,36)(H,34,37,38);4-12H,13H2,1-3H3,(H,30,31)(H,29,32,33);4-13,30H,1-3H3,(H,31,32)(H,29,33,34). The maximum absolute atomic E-state index is 11.8. The lowest BCUT2D eigenvalue weighted by atomic mass is 10.1. The number of thiophene rings is 3. The summed E-state index contributed by atoms with van der Waals surface area (Å²) in [5.74, 6) is 2.87. The van der Waals surface area contributed by atoms with E-state index < -0.39 is 0 Å². The van der Waals surface area contributed by atoms with Gasteiger partial charge in [0.05, 0.1) is 71.6 Å². The highest BCUT2D eigenvalue weighted by Crippen LogP contribution is 2.40. The Morgan fingerprint density at radius 2 is 0.830 bits per heavy atom. The van der Waals surface area contributed by atoms with E-state index in [1.807, 2.05) is 106 Å². The highest BCUT2D eigenvalue weighted by Gasteiger charge is 2.24. The van der Waals surface area contributed by atoms with E-state index in [-0.39, 0.29) is 17.3 Å². The predicted molar refractivity (Wildman–Crippen MR) is 440 cm³/mol. The summed E-state index contributed by atoms with van der Waals surface area (Å²) in [5, 5.41) is 32.1. The number of aromatic nitrogens is 21. The molecule has 18 aromatic rings. The largest absolute Gasteiger partial charge is 0.382 e. The van der Waals surface area contributed by atoms with E-state index in [4.69, 9.17) is 15.0 Å². The smallest absolute Gasteiger partial charge is 0.181 e. The number of Topliss-reactive ketones (excluding diaryl/α,β-unsaturated/α-hetero) is 3. The fourth-order valence-electron chi connectivity index (χ4n) is 13.9. The molecule has 556 valence electrons. The molecule has 19 rings (SSSR count). The van der Waals surface area contributed by atoms with Gasteiger partial charge in [0.2, 0.25) is 0 Å². The SMILES string of the molecule is CC(=O)c1ccc(-c2cncc3[nH]c(-c4[nH]nc5ncc(-c6cncc(CN(C)C)c6)cc45)nc23)s1.CC(=O)c1ccc(-c2cncc3[nH]c(-c4[nH]nc5ncc(-c6cncc(CNCC7CCCC7)c6)cc45)nc23)s1.CC(=O)c1ccc(-c2cncc3[nH]c(-c4[nH]nc5ncc(-c6cncc(NC(C)C)c6)cc45)nc23)s1. The number of pyridine rings is 9. The van der Waals surface area contributed by atoms with Crippen molar-refractivity contribution < 1.29 is 14.4 Å². The van der Waals surface area contributed by atoms with Crippen LogP contribution >= 0.6 is 34.0 Å². The lowest BCUT2D eigenvalue weighted by Crippen LogP contribution is -2.20. The number of carbonyl (C=O) groups is 3. The van der Waals surface area contributed by atoms with Crippen molar-refractivity contribution in [1.29, 1.82) is 0 Å². The molecule has 112 heavy (non-hydrogen) atoms. The second-order valence-corrected chi connectivity index (χ2v) is 31.4. The highest BCUT2D eigenvalue weighted by atomic mass is 32.1. The maximum Gasteiger partial charge on any atom is 0.181 e. The minimum Gasteiger partial charge on any atom is -0.382 e. The van der Waals surface area contributed by atoms with E-state index in [1.165, 1.54) is 59.7 Å². The first-order valence-corrected chi connectivity index (χ1v) is 38.8. The monoisotopic (exact) mass is 1540 g/mol. The third-order valence-electron chi connectivity index (χ3n) is 19.3. The van der Waals surface area contributed by atoms with Crippen LogP contribution in [0.3, 0.4) is 0 Å². The van der Waals surface area contributed by atoms with Crippen LogP contribution in [0.5, 0.6) is 0 Å². The van der Waals surface area contributed by atoms with Gasteiger partial charge in [-0.3, -0.25) is 59.6 Å². The van der Waals surface area contributed by atoms with Crippen LogP contribution in [-0.2, 0) is 13.1 Å². The number of nitrogens with one attached hydrogen (secondary N) is 8. The van der Waals surface area contributed by atoms with Gasteiger partial charge in [0.25, 0.3) is 0 Å². The van der Waals surface area contributed by atoms with Crippen molar-refractivity contribution in [2.24, 2.45) is 5.92 Å². The summed E-state index contributed by atoms with van der Waals surface area (Å²) in [6, 6.07) is 24.2. The van der Waals surface area contributed by atoms with Crippen molar-refractivity contribution in [3.05, 3.63) is 192 Å². The zero-order chi connectivity index (χ0) is 76.7. The average molecular weight is 1540 g/mol. The number of hydrogen-bond acceptors (Lipinski definition) is 24. The van der Waals surface area contributed by atoms with Gasteiger partial charge in [-0.05, 0) is 158 Å².